The first-order chi connectivity index (χ1) is 25.9. The molecule has 2 aliphatic rings. The van der Waals surface area contributed by atoms with Crippen molar-refractivity contribution in [1.29, 1.82) is 0 Å². The van der Waals surface area contributed by atoms with Gasteiger partial charge in [-0.05, 0) is 86.1 Å². The van der Waals surface area contributed by atoms with E-state index in [0.29, 0.717) is 18.4 Å². The maximum Gasteiger partial charge on any atom is 0.509 e. The quantitative estimate of drug-likeness (QED) is 0.0756. The average Bonchev–Trinajstić information content (AvgIpc) is 3.92. The standard InChI is InChI=1S/C42H52N6O5S/c1-25(2)27(5)39(49)48-21-9-11-35(48)37-44-23-34(47-37)30-17-14-28(15-18-30)12-13-29-16-19-32-33(22-29)46-38(45-32)36-31(24-54-36)10-8-20-43-40(50)42(6,26(3)4)53-41(51)52-7/h14-19,22-23,25-27,31,35-36H,8-11,20-21,24H2,1-7H3,(H,43,50)(H,44,47)(H,45,46). The Balaban J connectivity index is 1.03. The van der Waals surface area contributed by atoms with Crippen LogP contribution in [-0.2, 0) is 19.1 Å². The molecule has 0 bridgehead atoms. The number of ether oxygens (including phenoxy) is 2. The lowest BCUT2D eigenvalue weighted by molar-refractivity contribution is -0.145. The van der Waals surface area contributed by atoms with Crippen molar-refractivity contribution in [2.75, 3.05) is 26.0 Å². The van der Waals surface area contributed by atoms with Crippen molar-refractivity contribution in [2.24, 2.45) is 23.7 Å². The first-order valence-electron chi connectivity index (χ1n) is 19.0. The summed E-state index contributed by atoms with van der Waals surface area (Å²) in [5, 5.41) is 3.21. The van der Waals surface area contributed by atoms with Crippen molar-refractivity contribution < 1.29 is 23.9 Å². The van der Waals surface area contributed by atoms with E-state index in [4.69, 9.17) is 9.72 Å². The normalized spacial score (nSPS) is 19.9. The number of methoxy groups -OCH3 is 1. The number of imidazole rings is 2. The molecule has 54 heavy (non-hydrogen) atoms. The van der Waals surface area contributed by atoms with E-state index >= 15 is 0 Å². The highest BCUT2D eigenvalue weighted by Crippen LogP contribution is 2.48. The molecule has 3 N–H and O–H groups in total. The summed E-state index contributed by atoms with van der Waals surface area (Å²) in [4.78, 5) is 56.4. The van der Waals surface area contributed by atoms with Gasteiger partial charge in [0.05, 0.1) is 41.3 Å². The number of nitrogens with one attached hydrogen (secondary N) is 3. The zero-order valence-corrected chi connectivity index (χ0v) is 33.1. The lowest BCUT2D eigenvalue weighted by atomic mass is 9.91. The van der Waals surface area contributed by atoms with Crippen molar-refractivity contribution in [3.05, 3.63) is 71.4 Å². The highest BCUT2D eigenvalue weighted by Gasteiger charge is 2.41. The molecule has 12 heteroatoms. The van der Waals surface area contributed by atoms with Gasteiger partial charge >= 0.3 is 6.16 Å². The van der Waals surface area contributed by atoms with Crippen LogP contribution in [0.15, 0.2) is 48.7 Å². The molecule has 11 nitrogen and oxygen atoms in total. The number of carbonyl (C=O) groups is 3. The molecule has 2 aromatic carbocycles. The minimum absolute atomic E-state index is 0.00854. The molecule has 0 spiro atoms. The summed E-state index contributed by atoms with van der Waals surface area (Å²) >= 11 is 1.88. The first-order valence-corrected chi connectivity index (χ1v) is 20.1. The van der Waals surface area contributed by atoms with Gasteiger partial charge in [0.25, 0.3) is 5.91 Å². The fourth-order valence-corrected chi connectivity index (χ4v) is 8.11. The van der Waals surface area contributed by atoms with E-state index in [1.165, 1.54) is 7.11 Å². The maximum absolute atomic E-state index is 13.1. The molecule has 0 aliphatic carbocycles. The number of hydrogen-bond donors (Lipinski definition) is 3. The van der Waals surface area contributed by atoms with Crippen LogP contribution in [-0.4, -0.2) is 74.4 Å². The molecule has 2 aromatic heterocycles. The zero-order valence-electron chi connectivity index (χ0n) is 32.3. The Hall–Kier alpha value is -4.76. The van der Waals surface area contributed by atoms with Crippen LogP contribution in [0.1, 0.15) is 101 Å². The number of nitrogens with zero attached hydrogens (tertiary/aromatic N) is 3. The predicted octanol–water partition coefficient (Wildman–Crippen LogP) is 7.81. The first kappa shape index (κ1) is 38.9. The highest BCUT2D eigenvalue weighted by atomic mass is 32.2. The molecule has 286 valence electrons. The van der Waals surface area contributed by atoms with E-state index in [9.17, 15) is 14.4 Å². The van der Waals surface area contributed by atoms with Crippen LogP contribution in [0.4, 0.5) is 4.79 Å². The van der Waals surface area contributed by atoms with Gasteiger partial charge in [0.1, 0.15) is 11.6 Å². The number of rotatable bonds is 12. The third-order valence-electron chi connectivity index (χ3n) is 11.1. The summed E-state index contributed by atoms with van der Waals surface area (Å²) in [6, 6.07) is 14.2. The fraction of sp³-hybridized carbons (Fsp3) is 0.500. The molecule has 0 radical (unpaired) electrons. The summed E-state index contributed by atoms with van der Waals surface area (Å²) < 4.78 is 9.92. The van der Waals surface area contributed by atoms with Crippen LogP contribution in [0.2, 0.25) is 0 Å². The Morgan fingerprint density at radius 2 is 1.78 bits per heavy atom. The van der Waals surface area contributed by atoms with E-state index in [0.717, 1.165) is 83.0 Å². The molecule has 2 amide bonds. The lowest BCUT2D eigenvalue weighted by Gasteiger charge is -2.35. The van der Waals surface area contributed by atoms with Gasteiger partial charge in [0.2, 0.25) is 5.91 Å². The van der Waals surface area contributed by atoms with Gasteiger partial charge in [0.15, 0.2) is 5.60 Å². The van der Waals surface area contributed by atoms with Crippen LogP contribution >= 0.6 is 11.8 Å². The number of thioether (sulfide) groups is 1. The number of likely N-dealkylation sites (tertiary alicyclic amines) is 1. The molecule has 2 fully saturated rings. The third-order valence-corrected chi connectivity index (χ3v) is 12.7. The van der Waals surface area contributed by atoms with Gasteiger partial charge in [-0.15, -0.1) is 11.8 Å². The summed E-state index contributed by atoms with van der Waals surface area (Å²) in [6.07, 6.45) is 4.65. The summed E-state index contributed by atoms with van der Waals surface area (Å²) in [5.41, 5.74) is 4.33. The molecule has 2 saturated heterocycles. The lowest BCUT2D eigenvalue weighted by Crippen LogP contribution is -2.51. The van der Waals surface area contributed by atoms with Crippen LogP contribution in [0.5, 0.6) is 0 Å². The number of benzene rings is 2. The monoisotopic (exact) mass is 752 g/mol. The SMILES string of the molecule is COC(=O)OC(C)(C(=O)NCCCC1CSC1c1nc2ccc(C#Cc3ccc(-c4cnc(C5CCCN5C(=O)C(C)C(C)C)[nH]4)cc3)cc2[nH]1)C(C)C. The van der Waals surface area contributed by atoms with Gasteiger partial charge < -0.3 is 29.7 Å². The Morgan fingerprint density at radius 1 is 1.04 bits per heavy atom. The van der Waals surface area contributed by atoms with Crippen molar-refractivity contribution in [1.82, 2.24) is 30.2 Å². The van der Waals surface area contributed by atoms with E-state index < -0.39 is 11.8 Å². The van der Waals surface area contributed by atoms with Crippen molar-refractivity contribution in [2.45, 2.75) is 84.1 Å². The fourth-order valence-electron chi connectivity index (χ4n) is 6.88. The summed E-state index contributed by atoms with van der Waals surface area (Å²) in [6.45, 7) is 12.8. The summed E-state index contributed by atoms with van der Waals surface area (Å²) in [7, 11) is 1.23. The predicted molar refractivity (Wildman–Crippen MR) is 211 cm³/mol. The Labute approximate surface area is 322 Å². The maximum atomic E-state index is 13.1. The van der Waals surface area contributed by atoms with Gasteiger partial charge in [0, 0.05) is 36.1 Å². The Morgan fingerprint density at radius 3 is 2.46 bits per heavy atom. The van der Waals surface area contributed by atoms with E-state index in [1.54, 1.807) is 6.92 Å². The Kier molecular flexibility index (Phi) is 12.1. The second kappa shape index (κ2) is 16.7. The number of aromatic amines is 2. The van der Waals surface area contributed by atoms with Crippen molar-refractivity contribution in [3.8, 4) is 23.1 Å². The van der Waals surface area contributed by atoms with Crippen molar-refractivity contribution in [3.63, 3.8) is 0 Å². The largest absolute Gasteiger partial charge is 0.509 e. The number of hydrogen-bond acceptors (Lipinski definition) is 8. The number of carbonyl (C=O) groups excluding carboxylic acids is 3. The molecule has 4 heterocycles. The molecular formula is C42H52N6O5S. The third kappa shape index (κ3) is 8.46. The molecule has 5 atom stereocenters. The van der Waals surface area contributed by atoms with E-state index in [1.807, 2.05) is 86.1 Å². The molecule has 5 unspecified atom stereocenters. The molecule has 6 rings (SSSR count). The molecular weight excluding hydrogens is 701 g/mol. The average molecular weight is 753 g/mol. The highest BCUT2D eigenvalue weighted by molar-refractivity contribution is 8.00. The molecule has 4 aromatic rings. The topological polar surface area (TPSA) is 142 Å². The van der Waals surface area contributed by atoms with Gasteiger partial charge in [-0.1, -0.05) is 58.6 Å². The van der Waals surface area contributed by atoms with Crippen molar-refractivity contribution >= 4 is 40.8 Å². The van der Waals surface area contributed by atoms with E-state index in [2.05, 4.69) is 50.7 Å². The van der Waals surface area contributed by atoms with Crippen LogP contribution < -0.4 is 5.32 Å². The number of H-pyrrole nitrogens is 2. The number of fused-ring (bicyclic) bond motifs is 1. The minimum atomic E-state index is -1.30. The Bertz CT molecular complexity index is 2030. The van der Waals surface area contributed by atoms with Crippen LogP contribution in [0, 0.1) is 35.5 Å². The second-order valence-corrected chi connectivity index (χ2v) is 16.5. The zero-order chi connectivity index (χ0) is 38.6. The van der Waals surface area contributed by atoms with E-state index in [-0.39, 0.29) is 34.9 Å². The smallest absolute Gasteiger partial charge is 0.438 e. The van der Waals surface area contributed by atoms with Crippen LogP contribution in [0.3, 0.4) is 0 Å². The minimum Gasteiger partial charge on any atom is -0.438 e. The molecule has 0 saturated carbocycles. The number of aromatic nitrogens is 4. The van der Waals surface area contributed by atoms with Gasteiger partial charge in [-0.25, -0.2) is 14.8 Å². The summed E-state index contributed by atoms with van der Waals surface area (Å²) in [5.74, 6) is 9.87. The van der Waals surface area contributed by atoms with Crippen LogP contribution in [0.25, 0.3) is 22.3 Å². The molecule has 2 aliphatic heterocycles. The van der Waals surface area contributed by atoms with Gasteiger partial charge in [-0.2, -0.15) is 0 Å². The number of amides is 2. The second-order valence-electron chi connectivity index (χ2n) is 15.3. The van der Waals surface area contributed by atoms with Gasteiger partial charge in [-0.3, -0.25) is 9.59 Å².